The molecule has 70 valence electrons. The zero-order valence-electron chi connectivity index (χ0n) is 7.29. The zero-order chi connectivity index (χ0) is 9.68. The van der Waals surface area contributed by atoms with E-state index in [1.165, 1.54) is 0 Å². The van der Waals surface area contributed by atoms with Gasteiger partial charge < -0.3 is 4.74 Å². The van der Waals surface area contributed by atoms with Gasteiger partial charge in [0.1, 0.15) is 0 Å². The van der Waals surface area contributed by atoms with Gasteiger partial charge in [-0.2, -0.15) is 0 Å². The summed E-state index contributed by atoms with van der Waals surface area (Å²) in [6.07, 6.45) is 2.38. The fourth-order valence-electron chi connectivity index (χ4n) is 0.799. The largest absolute Gasteiger partial charge is 0.461 e. The van der Waals surface area contributed by atoms with E-state index in [0.29, 0.717) is 16.8 Å². The molecule has 0 atom stereocenters. The van der Waals surface area contributed by atoms with E-state index in [1.807, 2.05) is 6.92 Å². The van der Waals surface area contributed by atoms with Gasteiger partial charge in [-0.05, 0) is 34.5 Å². The molecule has 3 nitrogen and oxygen atoms in total. The first kappa shape index (κ1) is 10.2. The van der Waals surface area contributed by atoms with Crippen LogP contribution < -0.4 is 0 Å². The van der Waals surface area contributed by atoms with Crippen molar-refractivity contribution >= 4 is 21.9 Å². The second kappa shape index (κ2) is 4.97. The fourth-order valence-corrected chi connectivity index (χ4v) is 1.22. The molecule has 0 saturated carbocycles. The third-order valence-electron chi connectivity index (χ3n) is 1.39. The highest BCUT2D eigenvalue weighted by atomic mass is 79.9. The summed E-state index contributed by atoms with van der Waals surface area (Å²) in [4.78, 5) is 15.2. The maximum absolute atomic E-state index is 11.3. The molecule has 0 aromatic carbocycles. The number of nitrogens with zero attached hydrogens (tertiary/aromatic N) is 1. The van der Waals surface area contributed by atoms with Crippen LogP contribution in [0.4, 0.5) is 0 Å². The number of aromatic nitrogens is 1. The number of ether oxygens (including phenoxy) is 1. The van der Waals surface area contributed by atoms with Gasteiger partial charge in [0.05, 0.1) is 11.1 Å². The maximum Gasteiger partial charge on any atom is 0.358 e. The Morgan fingerprint density at radius 1 is 1.69 bits per heavy atom. The average molecular weight is 244 g/mol. The van der Waals surface area contributed by atoms with Crippen LogP contribution in [0.25, 0.3) is 0 Å². The lowest BCUT2D eigenvalue weighted by Gasteiger charge is -2.02. The molecule has 0 saturated heterocycles. The van der Waals surface area contributed by atoms with Gasteiger partial charge >= 0.3 is 5.97 Å². The van der Waals surface area contributed by atoms with Crippen molar-refractivity contribution in [2.45, 2.75) is 13.3 Å². The third kappa shape index (κ3) is 2.81. The molecule has 0 aliphatic carbocycles. The van der Waals surface area contributed by atoms with Gasteiger partial charge in [0.15, 0.2) is 5.69 Å². The van der Waals surface area contributed by atoms with E-state index in [2.05, 4.69) is 20.9 Å². The van der Waals surface area contributed by atoms with E-state index < -0.39 is 0 Å². The van der Waals surface area contributed by atoms with Crippen molar-refractivity contribution in [3.63, 3.8) is 0 Å². The van der Waals surface area contributed by atoms with E-state index >= 15 is 0 Å². The van der Waals surface area contributed by atoms with Gasteiger partial charge in [0, 0.05) is 6.20 Å². The van der Waals surface area contributed by atoms with Crippen molar-refractivity contribution in [1.82, 2.24) is 4.98 Å². The Hall–Kier alpha value is -0.900. The first-order valence-corrected chi connectivity index (χ1v) is 4.82. The van der Waals surface area contributed by atoms with Crippen LogP contribution in [-0.4, -0.2) is 17.6 Å². The summed E-state index contributed by atoms with van der Waals surface area (Å²) in [5, 5.41) is 0. The monoisotopic (exact) mass is 243 g/mol. The van der Waals surface area contributed by atoms with Gasteiger partial charge in [0.2, 0.25) is 0 Å². The Balaban J connectivity index is 2.71. The highest BCUT2D eigenvalue weighted by molar-refractivity contribution is 9.10. The smallest absolute Gasteiger partial charge is 0.358 e. The summed E-state index contributed by atoms with van der Waals surface area (Å²) in [6.45, 7) is 2.38. The van der Waals surface area contributed by atoms with Gasteiger partial charge in [-0.25, -0.2) is 9.78 Å². The molecule has 0 aliphatic heterocycles. The molecule has 1 heterocycles. The van der Waals surface area contributed by atoms with E-state index in [4.69, 9.17) is 4.74 Å². The number of rotatable bonds is 3. The van der Waals surface area contributed by atoms with Gasteiger partial charge in [-0.15, -0.1) is 0 Å². The Labute approximate surface area is 85.3 Å². The third-order valence-corrected chi connectivity index (χ3v) is 2.03. The van der Waals surface area contributed by atoms with Crippen LogP contribution in [0.3, 0.4) is 0 Å². The number of hydrogen-bond donors (Lipinski definition) is 0. The van der Waals surface area contributed by atoms with Crippen molar-refractivity contribution < 1.29 is 9.53 Å². The predicted octanol–water partition coefficient (Wildman–Crippen LogP) is 2.41. The maximum atomic E-state index is 11.3. The van der Waals surface area contributed by atoms with E-state index in [1.54, 1.807) is 18.3 Å². The first-order chi connectivity index (χ1) is 6.25. The number of hydrogen-bond acceptors (Lipinski definition) is 3. The van der Waals surface area contributed by atoms with Crippen LogP contribution >= 0.6 is 15.9 Å². The molecule has 0 unspecified atom stereocenters. The van der Waals surface area contributed by atoms with Crippen LogP contribution in [0.1, 0.15) is 23.8 Å². The molecule has 0 amide bonds. The first-order valence-electron chi connectivity index (χ1n) is 4.03. The average Bonchev–Trinajstić information content (AvgIpc) is 2.15. The van der Waals surface area contributed by atoms with Gasteiger partial charge in [0.25, 0.3) is 0 Å². The summed E-state index contributed by atoms with van der Waals surface area (Å²) in [5.41, 5.74) is 0.330. The minimum Gasteiger partial charge on any atom is -0.461 e. The molecule has 0 spiro atoms. The molecule has 1 rings (SSSR count). The lowest BCUT2D eigenvalue weighted by Crippen LogP contribution is -2.08. The second-order valence-electron chi connectivity index (χ2n) is 2.47. The van der Waals surface area contributed by atoms with Gasteiger partial charge in [-0.3, -0.25) is 0 Å². The predicted molar refractivity (Wildman–Crippen MR) is 52.5 cm³/mol. The van der Waals surface area contributed by atoms with Gasteiger partial charge in [-0.1, -0.05) is 6.92 Å². The van der Waals surface area contributed by atoms with Crippen molar-refractivity contribution in [3.05, 3.63) is 28.5 Å². The molecule has 0 aliphatic rings. The molecule has 0 bridgehead atoms. The molecule has 0 fully saturated rings. The van der Waals surface area contributed by atoms with Crippen LogP contribution in [0.2, 0.25) is 0 Å². The Kier molecular flexibility index (Phi) is 3.89. The molecule has 0 radical (unpaired) electrons. The molecular weight excluding hydrogens is 234 g/mol. The Morgan fingerprint density at radius 3 is 3.08 bits per heavy atom. The number of esters is 1. The highest BCUT2D eigenvalue weighted by Gasteiger charge is 2.11. The summed E-state index contributed by atoms with van der Waals surface area (Å²) in [5.74, 6) is -0.380. The molecule has 0 N–H and O–H groups in total. The molecule has 1 aromatic heterocycles. The van der Waals surface area contributed by atoms with Crippen LogP contribution in [0, 0.1) is 0 Å². The molecule has 1 aromatic rings. The molecule has 4 heteroatoms. The van der Waals surface area contributed by atoms with Crippen LogP contribution in [0.5, 0.6) is 0 Å². The van der Waals surface area contributed by atoms with Crippen molar-refractivity contribution in [2.24, 2.45) is 0 Å². The minimum atomic E-state index is -0.380. The lowest BCUT2D eigenvalue weighted by molar-refractivity contribution is 0.0497. The normalized spacial score (nSPS) is 9.69. The Bertz CT molecular complexity index is 301. The zero-order valence-corrected chi connectivity index (χ0v) is 8.87. The van der Waals surface area contributed by atoms with E-state index in [-0.39, 0.29) is 5.97 Å². The fraction of sp³-hybridized carbons (Fsp3) is 0.333. The van der Waals surface area contributed by atoms with Crippen molar-refractivity contribution in [2.75, 3.05) is 6.61 Å². The van der Waals surface area contributed by atoms with E-state index in [9.17, 15) is 4.79 Å². The molecular formula is C9H10BrNO2. The lowest BCUT2D eigenvalue weighted by atomic mass is 10.3. The van der Waals surface area contributed by atoms with Crippen molar-refractivity contribution in [1.29, 1.82) is 0 Å². The number of halogens is 1. The second-order valence-corrected chi connectivity index (χ2v) is 3.32. The molecule has 13 heavy (non-hydrogen) atoms. The minimum absolute atomic E-state index is 0.330. The summed E-state index contributed by atoms with van der Waals surface area (Å²) in [6, 6.07) is 3.51. The standard InChI is InChI=1S/C9H10BrNO2/c1-2-6-13-9(12)8-7(10)4-3-5-11-8/h3-5H,2,6H2,1H3. The number of carbonyl (C=O) groups is 1. The summed E-state index contributed by atoms with van der Waals surface area (Å²) < 4.78 is 5.59. The number of pyridine rings is 1. The Morgan fingerprint density at radius 2 is 2.46 bits per heavy atom. The summed E-state index contributed by atoms with van der Waals surface area (Å²) >= 11 is 3.23. The van der Waals surface area contributed by atoms with Crippen molar-refractivity contribution in [3.8, 4) is 0 Å². The van der Waals surface area contributed by atoms with E-state index in [0.717, 1.165) is 6.42 Å². The SMILES string of the molecule is CCCOC(=O)c1ncccc1Br. The highest BCUT2D eigenvalue weighted by Crippen LogP contribution is 2.13. The van der Waals surface area contributed by atoms with Crippen LogP contribution in [-0.2, 0) is 4.74 Å². The van der Waals surface area contributed by atoms with Crippen LogP contribution in [0.15, 0.2) is 22.8 Å². The summed E-state index contributed by atoms with van der Waals surface area (Å²) in [7, 11) is 0. The number of carbonyl (C=O) groups excluding carboxylic acids is 1. The topological polar surface area (TPSA) is 39.2 Å². The quantitative estimate of drug-likeness (QED) is 0.766.